The number of carboxylic acids is 2. The number of nitrogens with one attached hydrogen (secondary N) is 16. The number of carbonyl (C=O) groups excluding carboxylic acids is 16. The maximum absolute atomic E-state index is 14.8. The van der Waals surface area contributed by atoms with Gasteiger partial charge in [0.15, 0.2) is 5.96 Å². The number of nitrogens with two attached hydrogens (primary N) is 4. The minimum Gasteiger partial charge on any atom is -0.508 e. The standard InChI is InChI=1S/C85H124N22O24/c1-42(2)33-57(76(122)102-61(84(130)131)35-48-23-27-51(111)28-24-48)99-74(120)55(17-10-11-29-86)96-73(119)56(18-12-30-91-85(89)90)97-79(125)63-20-14-32-107(63)83(129)60(38-64(88)112)101-81(127)69(45(6)108)105-82(128)70(46(7)109)104-77(123)58(34-47-21-25-50(110)26-22-47)98-71(117)44(5)95-75(121)59(36-49-39-92-54-16-9-8-15-52(49)54)100-78(124)62-19-13-31-106(62)66(114)41-93-65(113)40-94-80(126)68(43(3)4)103-72(118)53(87)37-67(115)116/h8-9,15-16,21-28,39,42-46,53,55-63,68-70,92,108-111H,10-14,17-20,29-38,40-41,86-87H2,1-7H3,(H2,88,112)(H,93,113)(H,94,126)(H,95,121)(H,96,119)(H,97,125)(H,98,117)(H,99,120)(H,100,124)(H,101,127)(H,102,122)(H,103,118)(H,104,123)(H,105,128)(H,115,116)(H,130,131)(H4,89,90,91)/t44-,45+,46+,53-,55-,56-,57-,58-,59-,60-,61-,62-,63-,68-,69-,70-/m0/s1. The molecule has 4 aromatic rings. The van der Waals surface area contributed by atoms with Crippen LogP contribution in [0.4, 0.5) is 0 Å². The highest BCUT2D eigenvalue weighted by Crippen LogP contribution is 2.25. The molecule has 2 aliphatic heterocycles. The Balaban J connectivity index is 1.15. The maximum Gasteiger partial charge on any atom is 0.326 e. The van der Waals surface area contributed by atoms with Gasteiger partial charge in [-0.1, -0.05) is 70.2 Å². The first-order valence-electron chi connectivity index (χ1n) is 43.1. The number of unbranched alkanes of at least 4 members (excludes halogenated alkanes) is 1. The summed E-state index contributed by atoms with van der Waals surface area (Å²) < 4.78 is 0. The van der Waals surface area contributed by atoms with Crippen LogP contribution >= 0.6 is 0 Å². The van der Waals surface area contributed by atoms with Gasteiger partial charge in [0.2, 0.25) is 94.5 Å². The van der Waals surface area contributed by atoms with Gasteiger partial charge < -0.3 is 143 Å². The van der Waals surface area contributed by atoms with Crippen LogP contribution in [0.3, 0.4) is 0 Å². The number of phenols is 2. The van der Waals surface area contributed by atoms with Crippen molar-refractivity contribution < 1.29 is 117 Å². The lowest BCUT2D eigenvalue weighted by Crippen LogP contribution is -2.63. The summed E-state index contributed by atoms with van der Waals surface area (Å²) in [5.41, 5.74) is 24.5. The summed E-state index contributed by atoms with van der Waals surface area (Å²) in [6.07, 6.45) is -3.70. The predicted octanol–water partition coefficient (Wildman–Crippen LogP) is -6.21. The van der Waals surface area contributed by atoms with Gasteiger partial charge in [-0.3, -0.25) is 86.9 Å². The first-order chi connectivity index (χ1) is 61.9. The number of nitrogens with zero attached hydrogens (tertiary/aromatic N) is 2. The zero-order valence-electron chi connectivity index (χ0n) is 74.0. The van der Waals surface area contributed by atoms with Crippen LogP contribution in [-0.4, -0.2) is 294 Å². The number of phenolic OH excluding ortho intramolecular Hbond substituents is 2. The number of hydrogen-bond acceptors (Lipinski definition) is 25. The molecule has 131 heavy (non-hydrogen) atoms. The van der Waals surface area contributed by atoms with Gasteiger partial charge in [-0.2, -0.15) is 0 Å². The van der Waals surface area contributed by atoms with E-state index >= 15 is 0 Å². The number of primary amides is 1. The third kappa shape index (κ3) is 33.8. The van der Waals surface area contributed by atoms with Crippen LogP contribution in [0.15, 0.2) is 79.0 Å². The average Bonchev–Trinajstić information content (AvgIpc) is 1.68. The Morgan fingerprint density at radius 1 is 0.489 bits per heavy atom. The van der Waals surface area contributed by atoms with E-state index in [1.165, 1.54) is 60.4 Å². The number of guanidine groups is 1. The van der Waals surface area contributed by atoms with Gasteiger partial charge in [0.1, 0.15) is 90.0 Å². The second kappa shape index (κ2) is 51.5. The number of amides is 16. The Bertz CT molecular complexity index is 4700. The number of aliphatic hydroxyl groups excluding tert-OH is 2. The number of fused-ring (bicyclic) bond motifs is 1. The number of aliphatic hydroxyl groups is 2. The van der Waals surface area contributed by atoms with Gasteiger partial charge in [-0.05, 0) is 150 Å². The van der Waals surface area contributed by atoms with Gasteiger partial charge in [0.05, 0.1) is 44.2 Å². The third-order valence-corrected chi connectivity index (χ3v) is 21.7. The molecule has 3 aromatic carbocycles. The number of carboxylic acid groups (broad SMARTS) is 2. The molecule has 30 N–H and O–H groups in total. The SMILES string of the molecule is CC(C)C[C@H](NC(=O)[C@H](CCCCN)NC(=O)[C@H](CCCNC(=N)N)NC(=O)[C@@H]1CCCN1C(=O)[C@H](CC(N)=O)NC(=O)[C@@H](NC(=O)[C@@H](NC(=O)[C@H](Cc1ccc(O)cc1)NC(=O)[C@H](C)NC(=O)[C@H](Cc1c[nH]c2ccccc12)NC(=O)[C@@H]1CCCN1C(=O)CNC(=O)CNC(=O)[C@@H](NC(=O)[C@@H](N)CC(=O)O)C(C)C)[C@@H](C)O)[C@@H](C)O)C(=O)N[C@@H](Cc1ccc(O)cc1)C(=O)O. The summed E-state index contributed by atoms with van der Waals surface area (Å²) >= 11 is 0. The summed E-state index contributed by atoms with van der Waals surface area (Å²) in [5.74, 6) is -20.1. The molecule has 0 unspecified atom stereocenters. The van der Waals surface area contributed by atoms with Gasteiger partial charge in [-0.25, -0.2) is 4.79 Å². The van der Waals surface area contributed by atoms with E-state index in [-0.39, 0.29) is 108 Å². The number of hydrogen-bond donors (Lipinski definition) is 26. The first-order valence-corrected chi connectivity index (χ1v) is 43.1. The highest BCUT2D eigenvalue weighted by Gasteiger charge is 2.44. The number of rotatable bonds is 52. The fourth-order valence-electron chi connectivity index (χ4n) is 14.7. The fourth-order valence-corrected chi connectivity index (χ4v) is 14.7. The van der Waals surface area contributed by atoms with E-state index < -0.39 is 247 Å². The normalized spacial score (nSPS) is 16.8. The largest absolute Gasteiger partial charge is 0.508 e. The molecule has 2 fully saturated rings. The number of aromatic amines is 1. The van der Waals surface area contributed by atoms with Gasteiger partial charge in [0.25, 0.3) is 0 Å². The fraction of sp³-hybridized carbons (Fsp3) is 0.541. The highest BCUT2D eigenvalue weighted by molar-refractivity contribution is 6.02. The molecule has 46 heteroatoms. The second-order valence-electron chi connectivity index (χ2n) is 33.2. The zero-order valence-corrected chi connectivity index (χ0v) is 74.0. The molecule has 0 bridgehead atoms. The first kappa shape index (κ1) is 106. The molecule has 0 spiro atoms. The summed E-state index contributed by atoms with van der Waals surface area (Å²) in [7, 11) is 0. The molecule has 16 atom stereocenters. The van der Waals surface area contributed by atoms with Crippen molar-refractivity contribution in [2.45, 2.75) is 242 Å². The van der Waals surface area contributed by atoms with Crippen LogP contribution in [0.2, 0.25) is 0 Å². The van der Waals surface area contributed by atoms with Crippen molar-refractivity contribution in [2.24, 2.45) is 34.8 Å². The molecule has 0 saturated carbocycles. The minimum absolute atomic E-state index is 0.000577. The van der Waals surface area contributed by atoms with E-state index in [0.717, 1.165) is 18.7 Å². The Morgan fingerprint density at radius 3 is 1.53 bits per heavy atom. The van der Waals surface area contributed by atoms with Gasteiger partial charge in [-0.15, -0.1) is 0 Å². The van der Waals surface area contributed by atoms with E-state index in [0.29, 0.717) is 40.4 Å². The molecular formula is C85H124N22O24. The zero-order chi connectivity index (χ0) is 97.2. The van der Waals surface area contributed by atoms with Crippen molar-refractivity contribution in [2.75, 3.05) is 39.3 Å². The number of aliphatic carboxylic acids is 2. The highest BCUT2D eigenvalue weighted by atomic mass is 16.4. The molecule has 3 heterocycles. The predicted molar refractivity (Wildman–Crippen MR) is 469 cm³/mol. The molecule has 6 rings (SSSR count). The number of benzene rings is 3. The molecule has 1 aromatic heterocycles. The van der Waals surface area contributed by atoms with Crippen LogP contribution in [0.25, 0.3) is 10.9 Å². The Morgan fingerprint density at radius 2 is 0.969 bits per heavy atom. The molecule has 0 aliphatic carbocycles. The minimum atomic E-state index is -2.09. The maximum atomic E-state index is 14.8. The molecule has 0 radical (unpaired) electrons. The number of H-pyrrole nitrogens is 1. The van der Waals surface area contributed by atoms with Crippen molar-refractivity contribution in [3.05, 3.63) is 95.7 Å². The van der Waals surface area contributed by atoms with E-state index in [1.54, 1.807) is 58.2 Å². The lowest BCUT2D eigenvalue weighted by Gasteiger charge is -2.31. The quantitative estimate of drug-likeness (QED) is 0.0111. The topological polar surface area (TPSA) is 747 Å². The summed E-state index contributed by atoms with van der Waals surface area (Å²) in [6.45, 7) is 8.69. The van der Waals surface area contributed by atoms with Crippen LogP contribution < -0.4 is 97.4 Å². The monoisotopic (exact) mass is 1840 g/mol. The van der Waals surface area contributed by atoms with E-state index in [4.69, 9.17) is 33.5 Å². The van der Waals surface area contributed by atoms with Crippen molar-refractivity contribution in [3.8, 4) is 11.5 Å². The number of aromatic nitrogens is 1. The molecule has 2 saturated heterocycles. The van der Waals surface area contributed by atoms with E-state index in [9.17, 15) is 112 Å². The lowest BCUT2D eigenvalue weighted by atomic mass is 10.00. The van der Waals surface area contributed by atoms with Gasteiger partial charge >= 0.3 is 11.9 Å². The second-order valence-corrected chi connectivity index (χ2v) is 33.2. The number of para-hydroxylation sites is 1. The molecule has 2 aliphatic rings. The van der Waals surface area contributed by atoms with Crippen LogP contribution in [-0.2, 0) is 106 Å². The number of aromatic hydroxyl groups is 2. The van der Waals surface area contributed by atoms with Gasteiger partial charge in [0, 0.05) is 56.0 Å². The van der Waals surface area contributed by atoms with E-state index in [2.05, 4.69) is 79.4 Å². The van der Waals surface area contributed by atoms with Crippen LogP contribution in [0.5, 0.6) is 11.5 Å². The van der Waals surface area contributed by atoms with Crippen molar-refractivity contribution >= 4 is 123 Å². The lowest BCUT2D eigenvalue weighted by molar-refractivity contribution is -0.144. The van der Waals surface area contributed by atoms with Crippen LogP contribution in [0.1, 0.15) is 142 Å². The van der Waals surface area contributed by atoms with E-state index in [1.807, 2.05) is 0 Å². The summed E-state index contributed by atoms with van der Waals surface area (Å²) in [5, 5.41) is 105. The van der Waals surface area contributed by atoms with Crippen LogP contribution in [0, 0.1) is 17.2 Å². The summed E-state index contributed by atoms with van der Waals surface area (Å²) in [6, 6.07) is -3.98. The Hall–Kier alpha value is -13.6. The summed E-state index contributed by atoms with van der Waals surface area (Å²) in [4.78, 5) is 253. The smallest absolute Gasteiger partial charge is 0.326 e. The molecule has 16 amide bonds. The molecular weight excluding hydrogens is 1710 g/mol. The van der Waals surface area contributed by atoms with Crippen molar-refractivity contribution in [1.82, 2.24) is 89.2 Å². The Kier molecular flexibility index (Phi) is 41.8. The molecule has 718 valence electrons. The Labute approximate surface area is 754 Å². The average molecular weight is 1840 g/mol. The third-order valence-electron chi connectivity index (χ3n) is 21.7. The number of carbonyl (C=O) groups is 18. The number of likely N-dealkylation sites (tertiary alicyclic amines) is 2. The van der Waals surface area contributed by atoms with Crippen molar-refractivity contribution in [3.63, 3.8) is 0 Å². The van der Waals surface area contributed by atoms with Crippen molar-refractivity contribution in [1.29, 1.82) is 5.41 Å². The molecule has 46 nitrogen and oxygen atoms in total.